The van der Waals surface area contributed by atoms with Crippen molar-refractivity contribution in [3.05, 3.63) is 60.0 Å². The van der Waals surface area contributed by atoms with Crippen LogP contribution in [-0.2, 0) is 4.74 Å². The molecule has 4 rings (SSSR count). The first kappa shape index (κ1) is 17.0. The molecule has 1 aromatic carbocycles. The number of hydrogen-bond donors (Lipinski definition) is 0. The lowest BCUT2D eigenvalue weighted by molar-refractivity contribution is -0.0453. The quantitative estimate of drug-likeness (QED) is 0.848. The lowest BCUT2D eigenvalue weighted by atomic mass is 9.89. The molecule has 0 bridgehead atoms. The Bertz CT molecular complexity index is 786. The summed E-state index contributed by atoms with van der Waals surface area (Å²) < 4.78 is 25.5. The van der Waals surface area contributed by atoms with Crippen LogP contribution in [0, 0.1) is 5.82 Å². The van der Waals surface area contributed by atoms with Crippen molar-refractivity contribution in [1.82, 2.24) is 9.88 Å². The molecular weight excluding hydrogens is 335 g/mol. The second-order valence-corrected chi connectivity index (χ2v) is 6.92. The molecule has 26 heavy (non-hydrogen) atoms. The highest BCUT2D eigenvalue weighted by atomic mass is 19.1. The third-order valence-electron chi connectivity index (χ3n) is 5.03. The number of nitrogens with zero attached hydrogens (tertiary/aromatic N) is 2. The first-order chi connectivity index (χ1) is 12.7. The monoisotopic (exact) mass is 356 g/mol. The molecule has 5 nitrogen and oxygen atoms in total. The van der Waals surface area contributed by atoms with E-state index < -0.39 is 11.4 Å². The van der Waals surface area contributed by atoms with E-state index in [2.05, 4.69) is 4.98 Å². The molecule has 0 N–H and O–H groups in total. The Hall–Kier alpha value is -2.47. The van der Waals surface area contributed by atoms with E-state index in [0.29, 0.717) is 25.1 Å². The van der Waals surface area contributed by atoms with Gasteiger partial charge in [-0.05, 0) is 37.1 Å². The van der Waals surface area contributed by atoms with Crippen LogP contribution in [0.25, 0.3) is 0 Å². The molecule has 0 saturated carbocycles. The van der Waals surface area contributed by atoms with E-state index in [0.717, 1.165) is 19.4 Å². The van der Waals surface area contributed by atoms with Crippen molar-refractivity contribution in [2.24, 2.45) is 0 Å². The van der Waals surface area contributed by atoms with Gasteiger partial charge >= 0.3 is 0 Å². The first-order valence-electron chi connectivity index (χ1n) is 8.91. The summed E-state index contributed by atoms with van der Waals surface area (Å²) in [6, 6.07) is 12.1. The van der Waals surface area contributed by atoms with Gasteiger partial charge in [0.1, 0.15) is 6.10 Å². The minimum atomic E-state index is -0.474. The van der Waals surface area contributed by atoms with Crippen LogP contribution < -0.4 is 4.74 Å². The van der Waals surface area contributed by atoms with Gasteiger partial charge in [-0.3, -0.25) is 4.79 Å². The van der Waals surface area contributed by atoms with Gasteiger partial charge in [0.25, 0.3) is 11.8 Å². The summed E-state index contributed by atoms with van der Waals surface area (Å²) in [6.45, 7) is 1.63. The number of ether oxygens (including phenoxy) is 2. The summed E-state index contributed by atoms with van der Waals surface area (Å²) in [7, 11) is 0. The Morgan fingerprint density at radius 1 is 1.27 bits per heavy atom. The Kier molecular flexibility index (Phi) is 4.59. The third-order valence-corrected chi connectivity index (χ3v) is 5.03. The fourth-order valence-electron chi connectivity index (χ4n) is 3.81. The molecule has 3 heterocycles. The topological polar surface area (TPSA) is 51.7 Å². The zero-order chi connectivity index (χ0) is 18.0. The molecule has 6 heteroatoms. The van der Waals surface area contributed by atoms with Crippen LogP contribution in [0.1, 0.15) is 29.6 Å². The molecule has 136 valence electrons. The van der Waals surface area contributed by atoms with Gasteiger partial charge in [-0.2, -0.15) is 0 Å². The van der Waals surface area contributed by atoms with Crippen molar-refractivity contribution in [2.45, 2.75) is 31.0 Å². The molecule has 2 aromatic rings. The van der Waals surface area contributed by atoms with Gasteiger partial charge < -0.3 is 14.4 Å². The van der Waals surface area contributed by atoms with Crippen molar-refractivity contribution in [3.8, 4) is 5.88 Å². The Morgan fingerprint density at radius 2 is 2.12 bits per heavy atom. The predicted molar refractivity (Wildman–Crippen MR) is 93.5 cm³/mol. The van der Waals surface area contributed by atoms with Crippen LogP contribution in [0.15, 0.2) is 48.7 Å². The van der Waals surface area contributed by atoms with E-state index in [1.165, 1.54) is 18.3 Å². The SMILES string of the molecule is O=C(c1ccccc1)N1CCC[C@]2(C[C@H](Oc3ncccc3F)CO2)C1. The van der Waals surface area contributed by atoms with Gasteiger partial charge in [0.15, 0.2) is 5.82 Å². The fraction of sp³-hybridized carbons (Fsp3) is 0.400. The molecule has 0 unspecified atom stereocenters. The minimum absolute atomic E-state index is 0.00572. The predicted octanol–water partition coefficient (Wildman–Crippen LogP) is 3.06. The lowest BCUT2D eigenvalue weighted by Gasteiger charge is -2.39. The average molecular weight is 356 g/mol. The van der Waals surface area contributed by atoms with Gasteiger partial charge in [-0.25, -0.2) is 9.37 Å². The molecule has 1 aromatic heterocycles. The Labute approximate surface area is 151 Å². The van der Waals surface area contributed by atoms with Gasteiger partial charge in [-0.1, -0.05) is 18.2 Å². The summed E-state index contributed by atoms with van der Waals surface area (Å²) >= 11 is 0. The van der Waals surface area contributed by atoms with E-state index in [-0.39, 0.29) is 17.9 Å². The minimum Gasteiger partial charge on any atom is -0.470 e. The molecule has 2 saturated heterocycles. The maximum atomic E-state index is 13.8. The van der Waals surface area contributed by atoms with Crippen LogP contribution in [0.2, 0.25) is 0 Å². The number of rotatable bonds is 3. The van der Waals surface area contributed by atoms with Crippen molar-refractivity contribution in [2.75, 3.05) is 19.7 Å². The lowest BCUT2D eigenvalue weighted by Crippen LogP contribution is -2.50. The Balaban J connectivity index is 1.43. The van der Waals surface area contributed by atoms with Gasteiger partial charge in [0.05, 0.1) is 18.8 Å². The molecule has 0 radical (unpaired) electrons. The van der Waals surface area contributed by atoms with E-state index >= 15 is 0 Å². The van der Waals surface area contributed by atoms with Crippen LogP contribution >= 0.6 is 0 Å². The van der Waals surface area contributed by atoms with Crippen LogP contribution in [0.5, 0.6) is 5.88 Å². The zero-order valence-corrected chi connectivity index (χ0v) is 14.4. The second kappa shape index (κ2) is 7.03. The summed E-state index contributed by atoms with van der Waals surface area (Å²) in [6.07, 6.45) is 3.62. The maximum absolute atomic E-state index is 13.8. The van der Waals surface area contributed by atoms with Crippen LogP contribution in [0.3, 0.4) is 0 Å². The Morgan fingerprint density at radius 3 is 2.92 bits per heavy atom. The van der Waals surface area contributed by atoms with Gasteiger partial charge in [0.2, 0.25) is 0 Å². The van der Waals surface area contributed by atoms with E-state index in [4.69, 9.17) is 9.47 Å². The van der Waals surface area contributed by atoms with Crippen molar-refractivity contribution >= 4 is 5.91 Å². The summed E-state index contributed by atoms with van der Waals surface area (Å²) in [5, 5.41) is 0. The van der Waals surface area contributed by atoms with Crippen LogP contribution in [0.4, 0.5) is 4.39 Å². The number of benzene rings is 1. The largest absolute Gasteiger partial charge is 0.470 e. The fourth-order valence-corrected chi connectivity index (χ4v) is 3.81. The summed E-state index contributed by atoms with van der Waals surface area (Å²) in [4.78, 5) is 18.5. The summed E-state index contributed by atoms with van der Waals surface area (Å²) in [5.41, 5.74) is 0.268. The second-order valence-electron chi connectivity index (χ2n) is 6.92. The van der Waals surface area contributed by atoms with E-state index in [9.17, 15) is 9.18 Å². The number of likely N-dealkylation sites (tertiary alicyclic amines) is 1. The number of halogens is 1. The molecule has 1 spiro atoms. The van der Waals surface area contributed by atoms with Crippen molar-refractivity contribution < 1.29 is 18.7 Å². The highest BCUT2D eigenvalue weighted by Gasteiger charge is 2.45. The molecule has 2 aliphatic heterocycles. The van der Waals surface area contributed by atoms with Gasteiger partial charge in [0, 0.05) is 24.7 Å². The first-order valence-corrected chi connectivity index (χ1v) is 8.91. The molecule has 2 atom stereocenters. The highest BCUT2D eigenvalue weighted by molar-refractivity contribution is 5.94. The van der Waals surface area contributed by atoms with Crippen LogP contribution in [-0.4, -0.2) is 47.2 Å². The molecule has 1 amide bonds. The van der Waals surface area contributed by atoms with Gasteiger partial charge in [-0.15, -0.1) is 0 Å². The molecule has 0 aliphatic carbocycles. The standard InChI is InChI=1S/C20H21FN2O3/c21-17-8-4-10-22-18(17)26-16-12-20(25-13-16)9-5-11-23(14-20)19(24)15-6-2-1-3-7-15/h1-4,6-8,10,16H,5,9,11-14H2/t16-,20-/m0/s1. The average Bonchev–Trinajstić information content (AvgIpc) is 3.05. The number of carbonyl (C=O) groups is 1. The molecular formula is C20H21FN2O3. The number of pyridine rings is 1. The molecule has 2 fully saturated rings. The number of amides is 1. The van der Waals surface area contributed by atoms with Crippen molar-refractivity contribution in [3.63, 3.8) is 0 Å². The number of hydrogen-bond acceptors (Lipinski definition) is 4. The third kappa shape index (κ3) is 3.42. The number of carbonyl (C=O) groups excluding carboxylic acids is 1. The van der Waals surface area contributed by atoms with E-state index in [1.54, 1.807) is 0 Å². The normalized spacial score (nSPS) is 25.4. The zero-order valence-electron chi connectivity index (χ0n) is 14.4. The van der Waals surface area contributed by atoms with Crippen molar-refractivity contribution in [1.29, 1.82) is 0 Å². The smallest absolute Gasteiger partial charge is 0.253 e. The molecule has 2 aliphatic rings. The number of piperidine rings is 1. The number of aromatic nitrogens is 1. The van der Waals surface area contributed by atoms with E-state index in [1.807, 2.05) is 35.2 Å². The maximum Gasteiger partial charge on any atom is 0.253 e. The summed E-state index contributed by atoms with van der Waals surface area (Å²) in [5.74, 6) is -0.447. The highest BCUT2D eigenvalue weighted by Crippen LogP contribution is 2.36.